The molecule has 0 N–H and O–H groups in total. The third-order valence-corrected chi connectivity index (χ3v) is 7.44. The molecule has 36 heavy (non-hydrogen) atoms. The summed E-state index contributed by atoms with van der Waals surface area (Å²) < 4.78 is 11.8. The van der Waals surface area contributed by atoms with Crippen LogP contribution in [0.5, 0.6) is 11.5 Å². The number of hydrogen-bond acceptors (Lipinski definition) is 4. The van der Waals surface area contributed by atoms with Gasteiger partial charge in [-0.2, -0.15) is 0 Å². The van der Waals surface area contributed by atoms with Crippen LogP contribution in [0.15, 0.2) is 60.2 Å². The van der Waals surface area contributed by atoms with Gasteiger partial charge in [0.2, 0.25) is 0 Å². The maximum Gasteiger partial charge on any atom is 0.122 e. The van der Waals surface area contributed by atoms with Crippen molar-refractivity contribution in [1.29, 1.82) is 0 Å². The maximum atomic E-state index is 5.91. The van der Waals surface area contributed by atoms with Crippen molar-refractivity contribution in [3.8, 4) is 11.5 Å². The van der Waals surface area contributed by atoms with Gasteiger partial charge in [0.15, 0.2) is 0 Å². The average molecular weight is 491 g/mol. The van der Waals surface area contributed by atoms with Gasteiger partial charge in [0.1, 0.15) is 11.5 Å². The number of rotatable bonds is 11. The molecule has 0 heterocycles. The topological polar surface area (TPSA) is 24.9 Å². The molecule has 2 aromatic rings. The molecule has 0 fully saturated rings. The third kappa shape index (κ3) is 6.80. The van der Waals surface area contributed by atoms with Crippen LogP contribution >= 0.6 is 0 Å². The predicted molar refractivity (Wildman–Crippen MR) is 153 cm³/mol. The fourth-order valence-corrected chi connectivity index (χ4v) is 5.57. The molecule has 0 aliphatic heterocycles. The van der Waals surface area contributed by atoms with Crippen LogP contribution in [0.25, 0.3) is 0 Å². The van der Waals surface area contributed by atoms with Gasteiger partial charge in [-0.15, -0.1) is 0 Å². The Hall–Kier alpha value is -2.56. The Morgan fingerprint density at radius 3 is 1.83 bits per heavy atom. The molecule has 0 saturated heterocycles. The summed E-state index contributed by atoms with van der Waals surface area (Å²) in [7, 11) is 12.1. The van der Waals surface area contributed by atoms with Crippen LogP contribution in [0.2, 0.25) is 0 Å². The fraction of sp³-hybridized carbons (Fsp3) is 0.500. The van der Waals surface area contributed by atoms with Crippen LogP contribution in [0, 0.1) is 5.92 Å². The van der Waals surface area contributed by atoms with Gasteiger partial charge in [-0.25, -0.2) is 0 Å². The molecule has 3 atom stereocenters. The molecule has 4 heteroatoms. The lowest BCUT2D eigenvalue weighted by atomic mass is 9.65. The van der Waals surface area contributed by atoms with Crippen molar-refractivity contribution in [2.75, 3.05) is 55.5 Å². The summed E-state index contributed by atoms with van der Waals surface area (Å²) in [5.74, 6) is 2.67. The summed E-state index contributed by atoms with van der Waals surface area (Å²) >= 11 is 0. The maximum absolute atomic E-state index is 5.91. The Kier molecular flexibility index (Phi) is 9.81. The summed E-state index contributed by atoms with van der Waals surface area (Å²) in [6.45, 7) is 11.0. The molecule has 0 spiro atoms. The van der Waals surface area contributed by atoms with E-state index in [1.807, 2.05) is 0 Å². The second-order valence-electron chi connectivity index (χ2n) is 11.0. The van der Waals surface area contributed by atoms with Gasteiger partial charge in [-0.05, 0) is 102 Å². The molecule has 0 aromatic heterocycles. The molecule has 0 saturated carbocycles. The van der Waals surface area contributed by atoms with Gasteiger partial charge in [0, 0.05) is 24.6 Å². The lowest BCUT2D eigenvalue weighted by molar-refractivity contribution is 0.364. The minimum Gasteiger partial charge on any atom is -0.496 e. The van der Waals surface area contributed by atoms with E-state index in [-0.39, 0.29) is 11.8 Å². The highest BCUT2D eigenvalue weighted by Gasteiger charge is 2.37. The highest BCUT2D eigenvalue weighted by molar-refractivity contribution is 5.48. The number of benzene rings is 2. The van der Waals surface area contributed by atoms with Crippen molar-refractivity contribution in [2.45, 2.75) is 44.9 Å². The van der Waals surface area contributed by atoms with E-state index < -0.39 is 0 Å². The van der Waals surface area contributed by atoms with Gasteiger partial charge in [-0.3, -0.25) is 0 Å². The van der Waals surface area contributed by atoms with Crippen LogP contribution in [0.4, 0.5) is 0 Å². The Balaban J connectivity index is 2.08. The fourth-order valence-electron chi connectivity index (χ4n) is 5.57. The SMILES string of the molecule is C=C(C)[C@@H]1[C@H](c2cc(CCN(C)C)ccc2OC)C=C(C)C[C@H]1c1cc(CCN(C)C)ccc1OC. The summed E-state index contributed by atoms with van der Waals surface area (Å²) in [6.07, 6.45) is 5.49. The Morgan fingerprint density at radius 1 is 0.861 bits per heavy atom. The van der Waals surface area contributed by atoms with Crippen molar-refractivity contribution in [3.05, 3.63) is 82.5 Å². The van der Waals surface area contributed by atoms with Gasteiger partial charge in [-0.1, -0.05) is 48.1 Å². The first-order chi connectivity index (χ1) is 17.1. The molecular formula is C32H46N2O2. The van der Waals surface area contributed by atoms with Crippen LogP contribution in [0.1, 0.15) is 54.4 Å². The molecule has 0 amide bonds. The third-order valence-electron chi connectivity index (χ3n) is 7.44. The molecule has 0 radical (unpaired) electrons. The number of likely N-dealkylation sites (N-methyl/N-ethyl adjacent to an activating group) is 2. The monoisotopic (exact) mass is 490 g/mol. The van der Waals surface area contributed by atoms with Gasteiger partial charge in [0.05, 0.1) is 14.2 Å². The second-order valence-corrected chi connectivity index (χ2v) is 11.0. The van der Waals surface area contributed by atoms with Crippen LogP contribution in [0.3, 0.4) is 0 Å². The van der Waals surface area contributed by atoms with E-state index in [4.69, 9.17) is 9.47 Å². The van der Waals surface area contributed by atoms with Crippen molar-refractivity contribution in [2.24, 2.45) is 5.92 Å². The lowest BCUT2D eigenvalue weighted by Crippen LogP contribution is -2.26. The summed E-state index contributed by atoms with van der Waals surface area (Å²) in [6, 6.07) is 13.5. The van der Waals surface area contributed by atoms with Crippen LogP contribution < -0.4 is 9.47 Å². The molecule has 196 valence electrons. The molecule has 2 aromatic carbocycles. The quantitative estimate of drug-likeness (QED) is 0.344. The van der Waals surface area contributed by atoms with E-state index in [0.717, 1.165) is 43.9 Å². The average Bonchev–Trinajstić information content (AvgIpc) is 2.85. The molecular weight excluding hydrogens is 444 g/mol. The van der Waals surface area contributed by atoms with E-state index in [1.54, 1.807) is 14.2 Å². The highest BCUT2D eigenvalue weighted by atomic mass is 16.5. The molecule has 0 unspecified atom stereocenters. The second kappa shape index (κ2) is 12.6. The number of allylic oxidation sites excluding steroid dienone is 3. The largest absolute Gasteiger partial charge is 0.496 e. The first-order valence-electron chi connectivity index (χ1n) is 13.1. The standard InChI is InChI=1S/C32H46N2O2/c1-22(2)32-28(26-20-24(14-16-33(4)5)10-12-30(26)35-8)18-23(3)19-29(32)27-21-25(15-17-34(6)7)11-13-31(27)36-9/h10-13,18,20-21,28-29,32H,1,14-17,19H2,2-9H3/t28-,29-,32+/m0/s1. The minimum absolute atomic E-state index is 0.200. The van der Waals surface area contributed by atoms with Crippen molar-refractivity contribution < 1.29 is 9.47 Å². The highest BCUT2D eigenvalue weighted by Crippen LogP contribution is 2.51. The zero-order chi connectivity index (χ0) is 26.4. The lowest BCUT2D eigenvalue weighted by Gasteiger charge is -2.39. The van der Waals surface area contributed by atoms with E-state index in [1.165, 1.54) is 33.4 Å². The van der Waals surface area contributed by atoms with E-state index in [9.17, 15) is 0 Å². The molecule has 1 aliphatic rings. The van der Waals surface area contributed by atoms with E-state index >= 15 is 0 Å². The number of ether oxygens (including phenoxy) is 2. The van der Waals surface area contributed by atoms with Crippen molar-refractivity contribution in [1.82, 2.24) is 9.80 Å². The predicted octanol–water partition coefficient (Wildman–Crippen LogP) is 6.32. The van der Waals surface area contributed by atoms with Crippen LogP contribution in [-0.4, -0.2) is 65.3 Å². The van der Waals surface area contributed by atoms with Gasteiger partial charge >= 0.3 is 0 Å². The first-order valence-corrected chi connectivity index (χ1v) is 13.1. The van der Waals surface area contributed by atoms with E-state index in [0.29, 0.717) is 5.92 Å². The molecule has 1 aliphatic carbocycles. The zero-order valence-electron chi connectivity index (χ0n) is 23.7. The van der Waals surface area contributed by atoms with E-state index in [2.05, 4.69) is 101 Å². The number of hydrogen-bond donors (Lipinski definition) is 0. The number of nitrogens with zero attached hydrogens (tertiary/aromatic N) is 2. The normalized spacial score (nSPS) is 19.9. The van der Waals surface area contributed by atoms with Gasteiger partial charge in [0.25, 0.3) is 0 Å². The van der Waals surface area contributed by atoms with Crippen molar-refractivity contribution >= 4 is 0 Å². The Labute approximate surface area is 219 Å². The minimum atomic E-state index is 0.200. The Bertz CT molecular complexity index is 1070. The van der Waals surface area contributed by atoms with Gasteiger partial charge < -0.3 is 19.3 Å². The smallest absolute Gasteiger partial charge is 0.122 e. The first kappa shape index (κ1) is 28.0. The molecule has 3 rings (SSSR count). The molecule has 0 bridgehead atoms. The van der Waals surface area contributed by atoms with Crippen LogP contribution in [-0.2, 0) is 12.8 Å². The zero-order valence-corrected chi connectivity index (χ0v) is 23.7. The summed E-state index contributed by atoms with van der Waals surface area (Å²) in [5, 5.41) is 0. The van der Waals surface area contributed by atoms with Crippen molar-refractivity contribution in [3.63, 3.8) is 0 Å². The summed E-state index contributed by atoms with van der Waals surface area (Å²) in [4.78, 5) is 4.47. The number of methoxy groups -OCH3 is 2. The Morgan fingerprint density at radius 2 is 1.36 bits per heavy atom. The summed E-state index contributed by atoms with van der Waals surface area (Å²) in [5.41, 5.74) is 7.86. The molecule has 4 nitrogen and oxygen atoms in total.